The van der Waals surface area contributed by atoms with Gasteiger partial charge in [0.25, 0.3) is 5.91 Å². The number of carboxylic acid groups (broad SMARTS) is 1. The van der Waals surface area contributed by atoms with Crippen LogP contribution >= 0.6 is 11.6 Å². The summed E-state index contributed by atoms with van der Waals surface area (Å²) >= 11 is 6.01. The molecule has 0 saturated carbocycles. The molecular weight excluding hydrogens is 306 g/mol. The molecule has 2 heterocycles. The predicted molar refractivity (Wildman–Crippen MR) is 83.4 cm³/mol. The molecule has 0 spiro atoms. The van der Waals surface area contributed by atoms with E-state index in [9.17, 15) is 9.59 Å². The average molecular weight is 324 g/mol. The van der Waals surface area contributed by atoms with Crippen LogP contribution in [0.5, 0.6) is 0 Å². The fourth-order valence-corrected chi connectivity index (χ4v) is 2.48. The van der Waals surface area contributed by atoms with E-state index < -0.39 is 5.97 Å². The third-order valence-corrected chi connectivity index (χ3v) is 3.68. The van der Waals surface area contributed by atoms with Crippen molar-refractivity contribution in [3.63, 3.8) is 0 Å². The fourth-order valence-electron chi connectivity index (χ4n) is 2.32. The molecule has 0 aromatic carbocycles. The summed E-state index contributed by atoms with van der Waals surface area (Å²) in [7, 11) is 0. The van der Waals surface area contributed by atoms with Gasteiger partial charge in [-0.15, -0.1) is 0 Å². The number of pyridine rings is 1. The van der Waals surface area contributed by atoms with Crippen molar-refractivity contribution in [2.24, 2.45) is 0 Å². The zero-order valence-electron chi connectivity index (χ0n) is 12.5. The van der Waals surface area contributed by atoms with Crippen LogP contribution in [0, 0.1) is 0 Å². The Kier molecular flexibility index (Phi) is 5.03. The summed E-state index contributed by atoms with van der Waals surface area (Å²) in [6.07, 6.45) is 2.18. The lowest BCUT2D eigenvalue weighted by molar-refractivity contribution is -0.137. The summed E-state index contributed by atoms with van der Waals surface area (Å²) in [5, 5.41) is 9.32. The smallest absolute Gasteiger partial charge is 0.305 e. The molecule has 6 nitrogen and oxygen atoms in total. The second-order valence-corrected chi connectivity index (χ2v) is 5.30. The SMILES string of the molecule is CCc1nc2ccc(Cl)cn2c1C(=O)N(CC)CCC(=O)O. The quantitative estimate of drug-likeness (QED) is 0.886. The largest absolute Gasteiger partial charge is 0.481 e. The molecule has 0 atom stereocenters. The summed E-state index contributed by atoms with van der Waals surface area (Å²) < 4.78 is 1.67. The number of rotatable bonds is 6. The zero-order chi connectivity index (χ0) is 16.3. The molecule has 0 radical (unpaired) electrons. The van der Waals surface area contributed by atoms with Gasteiger partial charge in [0.15, 0.2) is 0 Å². The average Bonchev–Trinajstić information content (AvgIpc) is 2.84. The molecule has 2 aromatic rings. The molecule has 7 heteroatoms. The van der Waals surface area contributed by atoms with Gasteiger partial charge in [0.2, 0.25) is 0 Å². The number of aromatic nitrogens is 2. The number of halogens is 1. The van der Waals surface area contributed by atoms with Crippen LogP contribution in [0.4, 0.5) is 0 Å². The molecule has 0 bridgehead atoms. The van der Waals surface area contributed by atoms with E-state index in [-0.39, 0.29) is 18.9 Å². The Morgan fingerprint density at radius 2 is 2.09 bits per heavy atom. The minimum atomic E-state index is -0.928. The third kappa shape index (κ3) is 3.22. The highest BCUT2D eigenvalue weighted by atomic mass is 35.5. The molecule has 0 saturated heterocycles. The number of fused-ring (bicyclic) bond motifs is 1. The minimum Gasteiger partial charge on any atom is -0.481 e. The number of carbonyl (C=O) groups is 2. The Morgan fingerprint density at radius 1 is 1.36 bits per heavy atom. The van der Waals surface area contributed by atoms with Crippen LogP contribution in [0.15, 0.2) is 18.3 Å². The van der Waals surface area contributed by atoms with Crippen LogP contribution in [0.25, 0.3) is 5.65 Å². The van der Waals surface area contributed by atoms with Crippen LogP contribution < -0.4 is 0 Å². The Hall–Kier alpha value is -2.08. The summed E-state index contributed by atoms with van der Waals surface area (Å²) in [4.78, 5) is 29.5. The fraction of sp³-hybridized carbons (Fsp3) is 0.400. The van der Waals surface area contributed by atoms with Crippen molar-refractivity contribution in [2.45, 2.75) is 26.7 Å². The van der Waals surface area contributed by atoms with Gasteiger partial charge in [-0.2, -0.15) is 0 Å². The first kappa shape index (κ1) is 16.3. The third-order valence-electron chi connectivity index (χ3n) is 3.46. The van der Waals surface area contributed by atoms with Crippen LogP contribution in [-0.2, 0) is 11.2 Å². The molecule has 1 amide bonds. The van der Waals surface area contributed by atoms with Crippen molar-refractivity contribution in [2.75, 3.05) is 13.1 Å². The van der Waals surface area contributed by atoms with Gasteiger partial charge in [-0.05, 0) is 25.5 Å². The summed E-state index contributed by atoms with van der Waals surface area (Å²) in [6.45, 7) is 4.35. The second-order valence-electron chi connectivity index (χ2n) is 4.86. The summed E-state index contributed by atoms with van der Waals surface area (Å²) in [6, 6.07) is 3.48. The first-order valence-electron chi connectivity index (χ1n) is 7.15. The lowest BCUT2D eigenvalue weighted by Gasteiger charge is -2.20. The van der Waals surface area contributed by atoms with E-state index in [4.69, 9.17) is 16.7 Å². The van der Waals surface area contributed by atoms with Gasteiger partial charge in [-0.1, -0.05) is 18.5 Å². The minimum absolute atomic E-state index is 0.0848. The highest BCUT2D eigenvalue weighted by Gasteiger charge is 2.23. The highest BCUT2D eigenvalue weighted by Crippen LogP contribution is 2.19. The molecule has 118 valence electrons. The monoisotopic (exact) mass is 323 g/mol. The number of nitrogens with zero attached hydrogens (tertiary/aromatic N) is 3. The zero-order valence-corrected chi connectivity index (χ0v) is 13.3. The number of carbonyl (C=O) groups excluding carboxylic acids is 1. The second kappa shape index (κ2) is 6.79. The van der Waals surface area contributed by atoms with E-state index >= 15 is 0 Å². The molecule has 0 aliphatic rings. The number of carboxylic acids is 1. The molecular formula is C15H18ClN3O3. The standard InChI is InChI=1S/C15H18ClN3O3/c1-3-11-14(15(22)18(4-2)8-7-13(20)21)19-9-10(16)5-6-12(19)17-11/h5-6,9H,3-4,7-8H2,1-2H3,(H,20,21). The summed E-state index contributed by atoms with van der Waals surface area (Å²) in [5.41, 5.74) is 1.78. The van der Waals surface area contributed by atoms with Crippen molar-refractivity contribution in [3.05, 3.63) is 34.7 Å². The van der Waals surface area contributed by atoms with Crippen molar-refractivity contribution in [1.29, 1.82) is 0 Å². The molecule has 22 heavy (non-hydrogen) atoms. The van der Waals surface area contributed by atoms with Crippen LogP contribution in [0.3, 0.4) is 0 Å². The molecule has 0 unspecified atom stereocenters. The first-order valence-corrected chi connectivity index (χ1v) is 7.53. The lowest BCUT2D eigenvalue weighted by atomic mass is 10.2. The Balaban J connectivity index is 2.44. The van der Waals surface area contributed by atoms with Crippen molar-refractivity contribution in [3.8, 4) is 0 Å². The van der Waals surface area contributed by atoms with Gasteiger partial charge in [0.1, 0.15) is 11.3 Å². The maximum atomic E-state index is 12.8. The van der Waals surface area contributed by atoms with Crippen molar-refractivity contribution in [1.82, 2.24) is 14.3 Å². The molecule has 0 aliphatic carbocycles. The highest BCUT2D eigenvalue weighted by molar-refractivity contribution is 6.30. The topological polar surface area (TPSA) is 74.9 Å². The number of imidazole rings is 1. The van der Waals surface area contributed by atoms with Crippen molar-refractivity contribution >= 4 is 29.1 Å². The van der Waals surface area contributed by atoms with E-state index in [0.717, 1.165) is 0 Å². The van der Waals surface area contributed by atoms with Gasteiger partial charge < -0.3 is 10.0 Å². The number of hydrogen-bond acceptors (Lipinski definition) is 3. The Bertz CT molecular complexity index is 711. The number of hydrogen-bond donors (Lipinski definition) is 1. The van der Waals surface area contributed by atoms with Crippen molar-refractivity contribution < 1.29 is 14.7 Å². The van der Waals surface area contributed by atoms with Gasteiger partial charge >= 0.3 is 5.97 Å². The Morgan fingerprint density at radius 3 is 2.68 bits per heavy atom. The van der Waals surface area contributed by atoms with E-state index in [1.807, 2.05) is 13.8 Å². The van der Waals surface area contributed by atoms with E-state index in [0.29, 0.717) is 35.0 Å². The molecule has 1 N–H and O–H groups in total. The molecule has 2 aromatic heterocycles. The number of aliphatic carboxylic acids is 1. The summed E-state index contributed by atoms with van der Waals surface area (Å²) in [5.74, 6) is -1.15. The maximum absolute atomic E-state index is 12.8. The van der Waals surface area contributed by atoms with Gasteiger partial charge in [-0.25, -0.2) is 4.98 Å². The van der Waals surface area contributed by atoms with Gasteiger partial charge in [-0.3, -0.25) is 14.0 Å². The van der Waals surface area contributed by atoms with Crippen LogP contribution in [0.1, 0.15) is 36.5 Å². The Labute approximate surface area is 133 Å². The van der Waals surface area contributed by atoms with Crippen LogP contribution in [0.2, 0.25) is 5.02 Å². The lowest BCUT2D eigenvalue weighted by Crippen LogP contribution is -2.34. The first-order chi connectivity index (χ1) is 10.5. The van der Waals surface area contributed by atoms with Gasteiger partial charge in [0.05, 0.1) is 17.1 Å². The van der Waals surface area contributed by atoms with Crippen LogP contribution in [-0.4, -0.2) is 44.4 Å². The van der Waals surface area contributed by atoms with E-state index in [1.54, 1.807) is 22.7 Å². The predicted octanol–water partition coefficient (Wildman–Crippen LogP) is 2.49. The molecule has 0 fully saturated rings. The van der Waals surface area contributed by atoms with E-state index in [1.165, 1.54) is 4.90 Å². The normalized spacial score (nSPS) is 10.9. The number of amides is 1. The number of aryl methyl sites for hydroxylation is 1. The van der Waals surface area contributed by atoms with E-state index in [2.05, 4.69) is 4.98 Å². The molecule has 2 rings (SSSR count). The molecule has 0 aliphatic heterocycles. The maximum Gasteiger partial charge on any atom is 0.305 e. The van der Waals surface area contributed by atoms with Gasteiger partial charge in [0, 0.05) is 19.3 Å².